The van der Waals surface area contributed by atoms with Crippen LogP contribution >= 0.6 is 0 Å². The number of primary amides is 1. The number of carbonyl (C=O) groups is 1. The molecule has 7 nitrogen and oxygen atoms in total. The summed E-state index contributed by atoms with van der Waals surface area (Å²) in [6, 6.07) is 1.03. The van der Waals surface area contributed by atoms with Gasteiger partial charge in [0.2, 0.25) is 0 Å². The van der Waals surface area contributed by atoms with Crippen molar-refractivity contribution in [1.29, 1.82) is 0 Å². The Balaban J connectivity index is 3.17. The van der Waals surface area contributed by atoms with Crippen molar-refractivity contribution in [2.24, 2.45) is 12.8 Å². The van der Waals surface area contributed by atoms with Crippen molar-refractivity contribution in [1.82, 2.24) is 9.78 Å². The first kappa shape index (κ1) is 8.18. The molecule has 0 saturated heterocycles. The van der Waals surface area contributed by atoms with Gasteiger partial charge in [0.25, 0.3) is 5.91 Å². The minimum Gasteiger partial charge on any atom is -0.364 e. The van der Waals surface area contributed by atoms with E-state index in [1.807, 2.05) is 0 Å². The summed E-state index contributed by atoms with van der Waals surface area (Å²) in [4.78, 5) is 20.1. The van der Waals surface area contributed by atoms with Crippen LogP contribution in [0.15, 0.2) is 6.07 Å². The molecule has 1 aromatic heterocycles. The molecule has 0 atom stereocenters. The standard InChI is InChI=1S/C5H6N4O3/c1-8-3(5(6)10)2-4(7-8)9(11)12/h2H,1H3,(H2,6,10). The fourth-order valence-corrected chi connectivity index (χ4v) is 0.772. The first-order valence-corrected chi connectivity index (χ1v) is 3.00. The van der Waals surface area contributed by atoms with E-state index < -0.39 is 10.8 Å². The summed E-state index contributed by atoms with van der Waals surface area (Å²) in [5, 5.41) is 13.6. The number of rotatable bonds is 2. The first-order chi connectivity index (χ1) is 5.52. The molecule has 1 rings (SSSR count). The Labute approximate surface area is 66.9 Å². The molecule has 0 aromatic carbocycles. The van der Waals surface area contributed by atoms with Gasteiger partial charge in [0.05, 0.1) is 18.2 Å². The normalized spacial score (nSPS) is 9.75. The third-order valence-corrected chi connectivity index (χ3v) is 1.31. The predicted molar refractivity (Wildman–Crippen MR) is 38.4 cm³/mol. The summed E-state index contributed by atoms with van der Waals surface area (Å²) in [6.07, 6.45) is 0. The number of amides is 1. The SMILES string of the molecule is Cn1nc([N+](=O)[O-])cc1C(N)=O. The van der Waals surface area contributed by atoms with Gasteiger partial charge in [-0.25, -0.2) is 0 Å². The van der Waals surface area contributed by atoms with E-state index in [9.17, 15) is 14.9 Å². The van der Waals surface area contributed by atoms with Gasteiger partial charge in [-0.1, -0.05) is 0 Å². The Morgan fingerprint density at radius 1 is 1.83 bits per heavy atom. The number of hydrogen-bond acceptors (Lipinski definition) is 4. The monoisotopic (exact) mass is 170 g/mol. The third kappa shape index (κ3) is 1.24. The van der Waals surface area contributed by atoms with Gasteiger partial charge in [-0.2, -0.15) is 4.68 Å². The molecule has 2 N–H and O–H groups in total. The van der Waals surface area contributed by atoms with E-state index in [0.717, 1.165) is 10.7 Å². The van der Waals surface area contributed by atoms with Gasteiger partial charge in [-0.05, 0) is 4.92 Å². The number of nitrogens with two attached hydrogens (primary N) is 1. The maximum atomic E-state index is 10.6. The van der Waals surface area contributed by atoms with Crippen molar-refractivity contribution in [3.63, 3.8) is 0 Å². The van der Waals surface area contributed by atoms with Gasteiger partial charge in [-0.15, -0.1) is 0 Å². The Morgan fingerprint density at radius 2 is 2.42 bits per heavy atom. The maximum absolute atomic E-state index is 10.6. The maximum Gasteiger partial charge on any atom is 0.390 e. The van der Waals surface area contributed by atoms with Crippen LogP contribution < -0.4 is 5.73 Å². The highest BCUT2D eigenvalue weighted by molar-refractivity contribution is 5.91. The molecule has 0 aliphatic rings. The Hall–Kier alpha value is -1.92. The molecule has 0 radical (unpaired) electrons. The van der Waals surface area contributed by atoms with Crippen LogP contribution in [0.5, 0.6) is 0 Å². The van der Waals surface area contributed by atoms with Crippen LogP contribution in [0.25, 0.3) is 0 Å². The van der Waals surface area contributed by atoms with Gasteiger partial charge in [0, 0.05) is 0 Å². The number of aryl methyl sites for hydroxylation is 1. The van der Waals surface area contributed by atoms with Gasteiger partial charge in [0.1, 0.15) is 0 Å². The van der Waals surface area contributed by atoms with E-state index in [4.69, 9.17) is 5.73 Å². The van der Waals surface area contributed by atoms with Crippen molar-refractivity contribution >= 4 is 11.7 Å². The van der Waals surface area contributed by atoms with Crippen LogP contribution in [-0.2, 0) is 7.05 Å². The van der Waals surface area contributed by atoms with Crippen LogP contribution in [0, 0.1) is 10.1 Å². The van der Waals surface area contributed by atoms with Crippen molar-refractivity contribution in [3.05, 3.63) is 21.9 Å². The lowest BCUT2D eigenvalue weighted by Gasteiger charge is -1.86. The van der Waals surface area contributed by atoms with E-state index in [1.165, 1.54) is 7.05 Å². The second-order valence-corrected chi connectivity index (χ2v) is 2.13. The molecule has 0 aliphatic carbocycles. The molecular formula is C5H6N4O3. The molecule has 0 fully saturated rings. The summed E-state index contributed by atoms with van der Waals surface area (Å²) in [5.74, 6) is -1.12. The van der Waals surface area contributed by atoms with E-state index in [2.05, 4.69) is 5.10 Å². The molecule has 0 aliphatic heterocycles. The lowest BCUT2D eigenvalue weighted by atomic mass is 10.4. The second-order valence-electron chi connectivity index (χ2n) is 2.13. The first-order valence-electron chi connectivity index (χ1n) is 3.00. The zero-order chi connectivity index (χ0) is 9.30. The van der Waals surface area contributed by atoms with E-state index >= 15 is 0 Å². The average molecular weight is 170 g/mol. The fourth-order valence-electron chi connectivity index (χ4n) is 0.772. The van der Waals surface area contributed by atoms with Crippen molar-refractivity contribution in [2.45, 2.75) is 0 Å². The number of aromatic nitrogens is 2. The topological polar surface area (TPSA) is 104 Å². The van der Waals surface area contributed by atoms with E-state index in [-0.39, 0.29) is 11.5 Å². The molecule has 7 heteroatoms. The molecule has 1 heterocycles. The molecular weight excluding hydrogens is 164 g/mol. The van der Waals surface area contributed by atoms with Crippen LogP contribution in [0.2, 0.25) is 0 Å². The number of nitrogens with zero attached hydrogens (tertiary/aromatic N) is 3. The zero-order valence-electron chi connectivity index (χ0n) is 6.22. The van der Waals surface area contributed by atoms with Crippen LogP contribution in [0.3, 0.4) is 0 Å². The summed E-state index contributed by atoms with van der Waals surface area (Å²) in [5.41, 5.74) is 4.92. The summed E-state index contributed by atoms with van der Waals surface area (Å²) >= 11 is 0. The highest BCUT2D eigenvalue weighted by atomic mass is 16.6. The fraction of sp³-hybridized carbons (Fsp3) is 0.200. The van der Waals surface area contributed by atoms with Gasteiger partial charge >= 0.3 is 5.82 Å². The third-order valence-electron chi connectivity index (χ3n) is 1.31. The van der Waals surface area contributed by atoms with Crippen LogP contribution in [0.1, 0.15) is 10.5 Å². The average Bonchev–Trinajstić information content (AvgIpc) is 2.30. The Bertz CT molecular complexity index is 342. The summed E-state index contributed by atoms with van der Waals surface area (Å²) in [7, 11) is 1.41. The molecule has 1 amide bonds. The van der Waals surface area contributed by atoms with Crippen molar-refractivity contribution < 1.29 is 9.72 Å². The Morgan fingerprint density at radius 3 is 2.67 bits per heavy atom. The number of hydrogen-bond donors (Lipinski definition) is 1. The highest BCUT2D eigenvalue weighted by Gasteiger charge is 2.18. The lowest BCUT2D eigenvalue weighted by Crippen LogP contribution is -2.15. The molecule has 64 valence electrons. The smallest absolute Gasteiger partial charge is 0.364 e. The molecule has 1 aromatic rings. The largest absolute Gasteiger partial charge is 0.390 e. The van der Waals surface area contributed by atoms with Gasteiger partial charge in [-0.3, -0.25) is 4.79 Å². The summed E-state index contributed by atoms with van der Waals surface area (Å²) < 4.78 is 1.07. The molecule has 0 unspecified atom stereocenters. The van der Waals surface area contributed by atoms with Crippen LogP contribution in [-0.4, -0.2) is 20.6 Å². The summed E-state index contributed by atoms with van der Waals surface area (Å²) in [6.45, 7) is 0. The molecule has 0 spiro atoms. The minimum atomic E-state index is -0.738. The number of nitro groups is 1. The molecule has 12 heavy (non-hydrogen) atoms. The van der Waals surface area contributed by atoms with Crippen LogP contribution in [0.4, 0.5) is 5.82 Å². The number of carbonyl (C=O) groups excluding carboxylic acids is 1. The van der Waals surface area contributed by atoms with Gasteiger partial charge < -0.3 is 15.8 Å². The zero-order valence-corrected chi connectivity index (χ0v) is 6.22. The molecule has 0 bridgehead atoms. The van der Waals surface area contributed by atoms with Crippen molar-refractivity contribution in [3.8, 4) is 0 Å². The van der Waals surface area contributed by atoms with E-state index in [0.29, 0.717) is 0 Å². The van der Waals surface area contributed by atoms with Crippen molar-refractivity contribution in [2.75, 3.05) is 0 Å². The predicted octanol–water partition coefficient (Wildman–Crippen LogP) is -0.573. The molecule has 0 saturated carbocycles. The van der Waals surface area contributed by atoms with E-state index in [1.54, 1.807) is 0 Å². The highest BCUT2D eigenvalue weighted by Crippen LogP contribution is 2.09. The quantitative estimate of drug-likeness (QED) is 0.473. The lowest BCUT2D eigenvalue weighted by molar-refractivity contribution is -0.389. The van der Waals surface area contributed by atoms with Gasteiger partial charge in [0.15, 0.2) is 5.69 Å². The minimum absolute atomic E-state index is 0.0155. The second kappa shape index (κ2) is 2.61. The Kier molecular flexibility index (Phi) is 1.78.